The van der Waals surface area contributed by atoms with Gasteiger partial charge in [-0.25, -0.2) is 4.79 Å². The number of benzene rings is 3. The molecule has 1 amide bonds. The van der Waals surface area contributed by atoms with E-state index in [1.807, 2.05) is 32.9 Å². The van der Waals surface area contributed by atoms with E-state index in [1.165, 1.54) is 18.1 Å². The van der Waals surface area contributed by atoms with Crippen molar-refractivity contribution in [1.29, 1.82) is 0 Å². The lowest BCUT2D eigenvalue weighted by atomic mass is 9.93. The molecule has 1 aliphatic rings. The summed E-state index contributed by atoms with van der Waals surface area (Å²) in [5.41, 5.74) is 3.15. The summed E-state index contributed by atoms with van der Waals surface area (Å²) in [5.74, 6) is -2.06. The lowest BCUT2D eigenvalue weighted by molar-refractivity contribution is -0.132. The molecule has 3 aromatic rings. The van der Waals surface area contributed by atoms with E-state index < -0.39 is 23.7 Å². The van der Waals surface area contributed by atoms with Crippen LogP contribution in [-0.2, 0) is 14.3 Å². The van der Waals surface area contributed by atoms with Gasteiger partial charge in [0.05, 0.1) is 36.5 Å². The third kappa shape index (κ3) is 4.85. The standard InChI is InChI=1S/C30H29NO6/c1-5-14-37-30(35)21-12-9-13-22(17-21)31-25(20-10-7-6-8-11-20)24(27(33)29(31)34)26(32)23-16-18(2)15-19(3)28(23)36-4/h6-13,15-17,25,32H,5,14H2,1-4H3/b26-24+. The zero-order valence-electron chi connectivity index (χ0n) is 21.3. The molecule has 1 aliphatic heterocycles. The Morgan fingerprint density at radius 1 is 1.00 bits per heavy atom. The van der Waals surface area contributed by atoms with Crippen LogP contribution >= 0.6 is 0 Å². The van der Waals surface area contributed by atoms with Crippen LogP contribution in [0.2, 0.25) is 0 Å². The van der Waals surface area contributed by atoms with Crippen molar-refractivity contribution in [2.45, 2.75) is 33.2 Å². The molecule has 1 saturated heterocycles. The molecule has 1 fully saturated rings. The molecule has 0 radical (unpaired) electrons. The molecule has 0 aliphatic carbocycles. The molecule has 7 nitrogen and oxygen atoms in total. The van der Waals surface area contributed by atoms with Crippen LogP contribution in [-0.4, -0.2) is 36.5 Å². The largest absolute Gasteiger partial charge is 0.507 e. The zero-order valence-corrected chi connectivity index (χ0v) is 21.3. The topological polar surface area (TPSA) is 93.1 Å². The average Bonchev–Trinajstić information content (AvgIpc) is 3.17. The van der Waals surface area contributed by atoms with E-state index in [2.05, 4.69) is 0 Å². The van der Waals surface area contributed by atoms with Crippen LogP contribution in [0.4, 0.5) is 5.69 Å². The van der Waals surface area contributed by atoms with Crippen LogP contribution in [0.25, 0.3) is 5.76 Å². The molecular formula is C30H29NO6. The van der Waals surface area contributed by atoms with Gasteiger partial charge in [-0.2, -0.15) is 0 Å². The summed E-state index contributed by atoms with van der Waals surface area (Å²) in [4.78, 5) is 40.8. The van der Waals surface area contributed by atoms with Crippen molar-refractivity contribution in [2.24, 2.45) is 0 Å². The highest BCUT2D eigenvalue weighted by atomic mass is 16.5. The Hall–Kier alpha value is -4.39. The number of ether oxygens (including phenoxy) is 2. The minimum atomic E-state index is -0.923. The number of Topliss-reactive ketones (excluding diaryl/α,β-unsaturated/α-hetero) is 1. The maximum absolute atomic E-state index is 13.5. The number of aliphatic hydroxyl groups is 1. The number of hydrogen-bond acceptors (Lipinski definition) is 6. The Bertz CT molecular complexity index is 1390. The van der Waals surface area contributed by atoms with E-state index in [9.17, 15) is 19.5 Å². The highest BCUT2D eigenvalue weighted by Crippen LogP contribution is 2.44. The molecule has 3 aromatic carbocycles. The Morgan fingerprint density at radius 2 is 1.73 bits per heavy atom. The molecule has 0 saturated carbocycles. The summed E-state index contributed by atoms with van der Waals surface area (Å²) in [5, 5.41) is 11.5. The number of nitrogens with zero attached hydrogens (tertiary/aromatic N) is 1. The molecule has 7 heteroatoms. The summed E-state index contributed by atoms with van der Waals surface area (Å²) in [7, 11) is 1.49. The maximum atomic E-state index is 13.5. The first-order valence-electron chi connectivity index (χ1n) is 12.1. The molecule has 37 heavy (non-hydrogen) atoms. The first-order chi connectivity index (χ1) is 17.8. The molecule has 0 aromatic heterocycles. The van der Waals surface area contributed by atoms with Gasteiger partial charge >= 0.3 is 5.97 Å². The molecule has 1 heterocycles. The predicted molar refractivity (Wildman–Crippen MR) is 141 cm³/mol. The van der Waals surface area contributed by atoms with Gasteiger partial charge in [0.15, 0.2) is 0 Å². The maximum Gasteiger partial charge on any atom is 0.338 e. The summed E-state index contributed by atoms with van der Waals surface area (Å²) in [6, 6.07) is 18.1. The number of esters is 1. The Kier molecular flexibility index (Phi) is 7.43. The number of carbonyl (C=O) groups excluding carboxylic acids is 3. The molecule has 0 bridgehead atoms. The van der Waals surface area contributed by atoms with E-state index in [0.29, 0.717) is 29.0 Å². The number of amides is 1. The fourth-order valence-electron chi connectivity index (χ4n) is 4.66. The third-order valence-electron chi connectivity index (χ3n) is 6.24. The molecule has 1 N–H and O–H groups in total. The molecule has 4 rings (SSSR count). The molecular weight excluding hydrogens is 470 g/mol. The minimum Gasteiger partial charge on any atom is -0.507 e. The van der Waals surface area contributed by atoms with Crippen molar-refractivity contribution < 1.29 is 29.0 Å². The van der Waals surface area contributed by atoms with E-state index in [1.54, 1.807) is 48.5 Å². The number of hydrogen-bond donors (Lipinski definition) is 1. The Morgan fingerprint density at radius 3 is 2.41 bits per heavy atom. The smallest absolute Gasteiger partial charge is 0.338 e. The molecule has 1 atom stereocenters. The van der Waals surface area contributed by atoms with Crippen molar-refractivity contribution in [1.82, 2.24) is 0 Å². The fraction of sp³-hybridized carbons (Fsp3) is 0.233. The number of aryl methyl sites for hydroxylation is 2. The number of aliphatic hydroxyl groups excluding tert-OH is 1. The van der Waals surface area contributed by atoms with Crippen molar-refractivity contribution in [3.05, 3.63) is 100 Å². The summed E-state index contributed by atoms with van der Waals surface area (Å²) >= 11 is 0. The Balaban J connectivity index is 1.92. The quantitative estimate of drug-likeness (QED) is 0.200. The van der Waals surface area contributed by atoms with Crippen LogP contribution in [0.1, 0.15) is 52.0 Å². The third-order valence-corrected chi connectivity index (χ3v) is 6.24. The van der Waals surface area contributed by atoms with Crippen molar-refractivity contribution in [3.8, 4) is 5.75 Å². The van der Waals surface area contributed by atoms with Crippen LogP contribution in [0.15, 0.2) is 72.3 Å². The van der Waals surface area contributed by atoms with Crippen molar-refractivity contribution in [2.75, 3.05) is 18.6 Å². The van der Waals surface area contributed by atoms with E-state index in [0.717, 1.165) is 11.1 Å². The molecule has 1 unspecified atom stereocenters. The van der Waals surface area contributed by atoms with Crippen LogP contribution in [0.5, 0.6) is 5.75 Å². The van der Waals surface area contributed by atoms with E-state index >= 15 is 0 Å². The number of carbonyl (C=O) groups is 3. The summed E-state index contributed by atoms with van der Waals surface area (Å²) in [6.07, 6.45) is 0.677. The second kappa shape index (κ2) is 10.7. The number of anilines is 1. The number of methoxy groups -OCH3 is 1. The van der Waals surface area contributed by atoms with Crippen molar-refractivity contribution >= 4 is 29.1 Å². The lowest BCUT2D eigenvalue weighted by Crippen LogP contribution is -2.29. The second-order valence-electron chi connectivity index (χ2n) is 8.93. The van der Waals surface area contributed by atoms with E-state index in [4.69, 9.17) is 9.47 Å². The first-order valence-corrected chi connectivity index (χ1v) is 12.1. The summed E-state index contributed by atoms with van der Waals surface area (Å²) < 4.78 is 10.8. The SMILES string of the molecule is CCCOC(=O)c1cccc(N2C(=O)C(=O)/C(=C(/O)c3cc(C)cc(C)c3OC)C2c2ccccc2)c1. The predicted octanol–water partition coefficient (Wildman–Crippen LogP) is 5.51. The fourth-order valence-corrected chi connectivity index (χ4v) is 4.66. The van der Waals surface area contributed by atoms with Gasteiger partial charge in [0, 0.05) is 5.69 Å². The van der Waals surface area contributed by atoms with Gasteiger partial charge in [-0.05, 0) is 61.2 Å². The van der Waals surface area contributed by atoms with Gasteiger partial charge in [-0.1, -0.05) is 49.4 Å². The average molecular weight is 500 g/mol. The van der Waals surface area contributed by atoms with Crippen molar-refractivity contribution in [3.63, 3.8) is 0 Å². The minimum absolute atomic E-state index is 0.0570. The first kappa shape index (κ1) is 25.7. The van der Waals surface area contributed by atoms with Gasteiger partial charge in [0.1, 0.15) is 11.5 Å². The molecule has 190 valence electrons. The van der Waals surface area contributed by atoms with Crippen LogP contribution in [0.3, 0.4) is 0 Å². The normalized spacial score (nSPS) is 16.6. The van der Waals surface area contributed by atoms with Gasteiger partial charge in [-0.15, -0.1) is 0 Å². The zero-order chi connectivity index (χ0) is 26.7. The van der Waals surface area contributed by atoms with Crippen LogP contribution in [0, 0.1) is 13.8 Å². The van der Waals surface area contributed by atoms with Crippen LogP contribution < -0.4 is 9.64 Å². The van der Waals surface area contributed by atoms with Gasteiger partial charge in [0.2, 0.25) is 0 Å². The number of rotatable bonds is 7. The van der Waals surface area contributed by atoms with Gasteiger partial charge in [-0.3, -0.25) is 14.5 Å². The number of ketones is 1. The Labute approximate surface area is 215 Å². The second-order valence-corrected chi connectivity index (χ2v) is 8.93. The monoisotopic (exact) mass is 499 g/mol. The van der Waals surface area contributed by atoms with E-state index in [-0.39, 0.29) is 23.5 Å². The lowest BCUT2D eigenvalue weighted by Gasteiger charge is -2.26. The van der Waals surface area contributed by atoms with Gasteiger partial charge < -0.3 is 14.6 Å². The highest BCUT2D eigenvalue weighted by Gasteiger charge is 2.47. The summed E-state index contributed by atoms with van der Waals surface area (Å²) in [6.45, 7) is 5.89. The highest BCUT2D eigenvalue weighted by molar-refractivity contribution is 6.51. The molecule has 0 spiro atoms. The van der Waals surface area contributed by atoms with Gasteiger partial charge in [0.25, 0.3) is 11.7 Å².